The number of carbonyl (C=O) groups excluding carboxylic acids is 1. The Morgan fingerprint density at radius 2 is 2.14 bits per heavy atom. The van der Waals surface area contributed by atoms with Crippen LogP contribution in [0, 0.1) is 18.3 Å². The Morgan fingerprint density at radius 3 is 2.50 bits per heavy atom. The number of nitrogens with one attached hydrogen (secondary N) is 1. The van der Waals surface area contributed by atoms with Crippen molar-refractivity contribution in [2.45, 2.75) is 32.7 Å². The molecule has 2 atom stereocenters. The van der Waals surface area contributed by atoms with E-state index >= 15 is 0 Å². The third-order valence-corrected chi connectivity index (χ3v) is 2.06. The maximum atomic E-state index is 11.1. The van der Waals surface area contributed by atoms with E-state index in [9.17, 15) is 9.59 Å². The SMILES string of the molecule is C#CCC(=O)N[C@H](C(=O)O)C(C)CC. The first-order valence-corrected chi connectivity index (χ1v) is 4.48. The van der Waals surface area contributed by atoms with Crippen LogP contribution in [0.2, 0.25) is 0 Å². The number of hydrogen-bond acceptors (Lipinski definition) is 2. The summed E-state index contributed by atoms with van der Waals surface area (Å²) in [5.41, 5.74) is 0. The molecule has 0 heterocycles. The van der Waals surface area contributed by atoms with E-state index in [4.69, 9.17) is 11.5 Å². The third kappa shape index (κ3) is 3.94. The van der Waals surface area contributed by atoms with E-state index in [0.717, 1.165) is 0 Å². The number of carboxylic acid groups (broad SMARTS) is 1. The van der Waals surface area contributed by atoms with Crippen molar-refractivity contribution < 1.29 is 14.7 Å². The first-order valence-electron chi connectivity index (χ1n) is 4.48. The van der Waals surface area contributed by atoms with Gasteiger partial charge >= 0.3 is 5.97 Å². The van der Waals surface area contributed by atoms with Gasteiger partial charge in [-0.1, -0.05) is 26.2 Å². The summed E-state index contributed by atoms with van der Waals surface area (Å²) in [4.78, 5) is 21.8. The van der Waals surface area contributed by atoms with E-state index in [0.29, 0.717) is 6.42 Å². The van der Waals surface area contributed by atoms with Gasteiger partial charge in [0.25, 0.3) is 0 Å². The number of carbonyl (C=O) groups is 2. The van der Waals surface area contributed by atoms with Gasteiger partial charge in [0.15, 0.2) is 0 Å². The standard InChI is InChI=1S/C10H15NO3/c1-4-6-8(12)11-9(10(13)14)7(3)5-2/h1,7,9H,5-6H2,2-3H3,(H,11,12)(H,13,14)/t7?,9-/m0/s1. The number of rotatable bonds is 5. The summed E-state index contributed by atoms with van der Waals surface area (Å²) >= 11 is 0. The Bertz CT molecular complexity index is 255. The topological polar surface area (TPSA) is 66.4 Å². The summed E-state index contributed by atoms with van der Waals surface area (Å²) < 4.78 is 0. The van der Waals surface area contributed by atoms with Gasteiger partial charge in [0, 0.05) is 0 Å². The van der Waals surface area contributed by atoms with E-state index < -0.39 is 17.9 Å². The van der Waals surface area contributed by atoms with Crippen LogP contribution in [-0.4, -0.2) is 23.0 Å². The zero-order valence-electron chi connectivity index (χ0n) is 8.41. The largest absolute Gasteiger partial charge is 0.480 e. The minimum atomic E-state index is -1.02. The molecule has 14 heavy (non-hydrogen) atoms. The number of hydrogen-bond donors (Lipinski definition) is 2. The lowest BCUT2D eigenvalue weighted by atomic mass is 9.99. The second-order valence-corrected chi connectivity index (χ2v) is 3.15. The number of aliphatic carboxylic acids is 1. The zero-order valence-corrected chi connectivity index (χ0v) is 8.41. The Kier molecular flexibility index (Phi) is 5.38. The van der Waals surface area contributed by atoms with Crippen LogP contribution in [0.15, 0.2) is 0 Å². The second-order valence-electron chi connectivity index (χ2n) is 3.15. The van der Waals surface area contributed by atoms with Crippen molar-refractivity contribution in [3.63, 3.8) is 0 Å². The molecule has 0 bridgehead atoms. The van der Waals surface area contributed by atoms with Crippen LogP contribution >= 0.6 is 0 Å². The van der Waals surface area contributed by atoms with Crippen LogP contribution in [0.3, 0.4) is 0 Å². The average molecular weight is 197 g/mol. The molecule has 4 nitrogen and oxygen atoms in total. The van der Waals surface area contributed by atoms with E-state index in [2.05, 4.69) is 11.2 Å². The van der Waals surface area contributed by atoms with Crippen LogP contribution in [0.25, 0.3) is 0 Å². The van der Waals surface area contributed by atoms with E-state index in [1.54, 1.807) is 6.92 Å². The molecule has 0 aromatic carbocycles. The maximum absolute atomic E-state index is 11.1. The molecule has 0 aliphatic carbocycles. The first kappa shape index (κ1) is 12.5. The summed E-state index contributed by atoms with van der Waals surface area (Å²) in [5, 5.41) is 11.2. The van der Waals surface area contributed by atoms with Crippen molar-refractivity contribution in [3.05, 3.63) is 0 Å². The average Bonchev–Trinajstić information content (AvgIpc) is 2.13. The third-order valence-electron chi connectivity index (χ3n) is 2.06. The zero-order chi connectivity index (χ0) is 11.1. The molecule has 0 radical (unpaired) electrons. The van der Waals surface area contributed by atoms with E-state index in [1.165, 1.54) is 0 Å². The maximum Gasteiger partial charge on any atom is 0.326 e. The highest BCUT2D eigenvalue weighted by Crippen LogP contribution is 2.07. The molecule has 78 valence electrons. The fourth-order valence-electron chi connectivity index (χ4n) is 1.00. The van der Waals surface area contributed by atoms with Crippen molar-refractivity contribution in [2.24, 2.45) is 5.92 Å². The smallest absolute Gasteiger partial charge is 0.326 e. The van der Waals surface area contributed by atoms with Crippen LogP contribution in [0.4, 0.5) is 0 Å². The second kappa shape index (κ2) is 6.03. The van der Waals surface area contributed by atoms with Gasteiger partial charge in [0.1, 0.15) is 6.04 Å². The lowest BCUT2D eigenvalue weighted by molar-refractivity contribution is -0.143. The molecule has 0 aromatic rings. The fraction of sp³-hybridized carbons (Fsp3) is 0.600. The normalized spacial score (nSPS) is 13.8. The Hall–Kier alpha value is -1.50. The highest BCUT2D eigenvalue weighted by atomic mass is 16.4. The Balaban J connectivity index is 4.32. The van der Waals surface area contributed by atoms with Crippen molar-refractivity contribution >= 4 is 11.9 Å². The summed E-state index contributed by atoms with van der Waals surface area (Å²) in [6, 6.07) is -0.846. The first-order chi connectivity index (χ1) is 6.52. The van der Waals surface area contributed by atoms with Crippen molar-refractivity contribution in [1.82, 2.24) is 5.32 Å². The number of carboxylic acids is 1. The molecular weight excluding hydrogens is 182 g/mol. The number of amides is 1. The lowest BCUT2D eigenvalue weighted by Crippen LogP contribution is -2.44. The molecule has 0 aliphatic rings. The molecular formula is C10H15NO3. The van der Waals surface area contributed by atoms with Crippen molar-refractivity contribution in [3.8, 4) is 12.3 Å². The van der Waals surface area contributed by atoms with Gasteiger partial charge in [-0.2, -0.15) is 0 Å². The Morgan fingerprint density at radius 1 is 1.57 bits per heavy atom. The molecule has 1 unspecified atom stereocenters. The molecule has 4 heteroatoms. The van der Waals surface area contributed by atoms with Gasteiger partial charge in [-0.05, 0) is 5.92 Å². The lowest BCUT2D eigenvalue weighted by Gasteiger charge is -2.19. The summed E-state index contributed by atoms with van der Waals surface area (Å²) in [7, 11) is 0. The molecule has 0 rings (SSSR count). The molecule has 0 spiro atoms. The molecule has 1 amide bonds. The highest BCUT2D eigenvalue weighted by molar-refractivity contribution is 5.84. The summed E-state index contributed by atoms with van der Waals surface area (Å²) in [5.74, 6) is 0.621. The summed E-state index contributed by atoms with van der Waals surface area (Å²) in [6.45, 7) is 3.64. The number of terminal acetylenes is 1. The predicted molar refractivity (Wildman–Crippen MR) is 52.5 cm³/mol. The molecule has 0 saturated carbocycles. The molecule has 2 N–H and O–H groups in total. The quantitative estimate of drug-likeness (QED) is 0.635. The van der Waals surface area contributed by atoms with Crippen LogP contribution in [0.1, 0.15) is 26.7 Å². The van der Waals surface area contributed by atoms with E-state index in [-0.39, 0.29) is 12.3 Å². The molecule has 0 aliphatic heterocycles. The van der Waals surface area contributed by atoms with E-state index in [1.807, 2.05) is 6.92 Å². The minimum Gasteiger partial charge on any atom is -0.480 e. The molecule has 0 saturated heterocycles. The van der Waals surface area contributed by atoms with Crippen molar-refractivity contribution in [2.75, 3.05) is 0 Å². The molecule has 0 fully saturated rings. The van der Waals surface area contributed by atoms with Crippen LogP contribution in [-0.2, 0) is 9.59 Å². The van der Waals surface area contributed by atoms with Gasteiger partial charge in [-0.3, -0.25) is 4.79 Å². The Labute approximate surface area is 83.7 Å². The highest BCUT2D eigenvalue weighted by Gasteiger charge is 2.24. The predicted octanol–water partition coefficient (Wildman–Crippen LogP) is 0.625. The van der Waals surface area contributed by atoms with Gasteiger partial charge < -0.3 is 10.4 Å². The van der Waals surface area contributed by atoms with Gasteiger partial charge in [0.05, 0.1) is 6.42 Å². The van der Waals surface area contributed by atoms with Crippen LogP contribution in [0.5, 0.6) is 0 Å². The van der Waals surface area contributed by atoms with Gasteiger partial charge in [-0.25, -0.2) is 4.79 Å². The van der Waals surface area contributed by atoms with Crippen molar-refractivity contribution in [1.29, 1.82) is 0 Å². The molecule has 0 aromatic heterocycles. The summed E-state index contributed by atoms with van der Waals surface area (Å²) in [6.07, 6.45) is 5.54. The van der Waals surface area contributed by atoms with Gasteiger partial charge in [-0.15, -0.1) is 6.42 Å². The van der Waals surface area contributed by atoms with Crippen LogP contribution < -0.4 is 5.32 Å². The monoisotopic (exact) mass is 197 g/mol. The minimum absolute atomic E-state index is 0.0831. The van der Waals surface area contributed by atoms with Gasteiger partial charge in [0.2, 0.25) is 5.91 Å². The fourth-order valence-corrected chi connectivity index (χ4v) is 1.00.